The number of hydrogen-bond donors (Lipinski definition) is 1. The molecule has 1 saturated carbocycles. The van der Waals surface area contributed by atoms with E-state index < -0.39 is 17.8 Å². The largest absolute Gasteiger partial charge is 0.465 e. The molecule has 1 aliphatic heterocycles. The number of cyclic esters (lactones) is 1. The zero-order valence-electron chi connectivity index (χ0n) is 8.93. The third-order valence-electron chi connectivity index (χ3n) is 3.55. The molecule has 0 aromatic rings. The normalized spacial score (nSPS) is 38.6. The van der Waals surface area contributed by atoms with Gasteiger partial charge in [-0.25, -0.2) is 0 Å². The van der Waals surface area contributed by atoms with E-state index in [-0.39, 0.29) is 18.5 Å². The zero-order chi connectivity index (χ0) is 11.1. The van der Waals surface area contributed by atoms with Gasteiger partial charge in [0.05, 0.1) is 12.7 Å². The fraction of sp³-hybridized carbons (Fsp3) is 0.900. The molecule has 5 nitrogen and oxygen atoms in total. The molecule has 0 spiro atoms. The van der Waals surface area contributed by atoms with Crippen molar-refractivity contribution >= 4 is 5.97 Å². The number of rotatable bonds is 2. The predicted molar refractivity (Wildman–Crippen MR) is 49.9 cm³/mol. The summed E-state index contributed by atoms with van der Waals surface area (Å²) in [7, 11) is 3.04. The van der Waals surface area contributed by atoms with Crippen molar-refractivity contribution in [1.82, 2.24) is 0 Å². The van der Waals surface area contributed by atoms with Gasteiger partial charge in [0.2, 0.25) is 0 Å². The van der Waals surface area contributed by atoms with Crippen molar-refractivity contribution in [3.8, 4) is 0 Å². The first-order valence-electron chi connectivity index (χ1n) is 5.09. The van der Waals surface area contributed by atoms with Crippen LogP contribution in [0.1, 0.15) is 12.8 Å². The Balaban J connectivity index is 2.30. The lowest BCUT2D eigenvalue weighted by molar-refractivity contribution is -0.265. The predicted octanol–water partition coefficient (Wildman–Crippen LogP) is -0.0806. The molecule has 2 fully saturated rings. The van der Waals surface area contributed by atoms with Gasteiger partial charge in [-0.05, 0) is 6.42 Å². The van der Waals surface area contributed by atoms with Gasteiger partial charge in [-0.1, -0.05) is 0 Å². The average molecular weight is 216 g/mol. The molecule has 15 heavy (non-hydrogen) atoms. The van der Waals surface area contributed by atoms with Crippen LogP contribution < -0.4 is 0 Å². The second kappa shape index (κ2) is 3.73. The molecule has 5 heteroatoms. The quantitative estimate of drug-likeness (QED) is 0.516. The average Bonchev–Trinajstić information content (AvgIpc) is 2.64. The van der Waals surface area contributed by atoms with Crippen molar-refractivity contribution in [3.05, 3.63) is 0 Å². The molecular formula is C10H16O5. The van der Waals surface area contributed by atoms with Gasteiger partial charge < -0.3 is 19.3 Å². The van der Waals surface area contributed by atoms with Gasteiger partial charge in [-0.3, -0.25) is 4.79 Å². The summed E-state index contributed by atoms with van der Waals surface area (Å²) in [6, 6.07) is 0. The van der Waals surface area contributed by atoms with Crippen molar-refractivity contribution in [3.63, 3.8) is 0 Å². The van der Waals surface area contributed by atoms with E-state index >= 15 is 0 Å². The maximum Gasteiger partial charge on any atom is 0.314 e. The van der Waals surface area contributed by atoms with Gasteiger partial charge in [0.25, 0.3) is 0 Å². The Labute approximate surface area is 88.3 Å². The maximum atomic E-state index is 11.6. The number of aliphatic hydroxyl groups is 1. The SMILES string of the molecule is COC1(OC)CCC(O)C2COC(=O)C21. The molecule has 2 aliphatic rings. The fourth-order valence-corrected chi connectivity index (χ4v) is 2.64. The van der Waals surface area contributed by atoms with E-state index in [0.29, 0.717) is 12.8 Å². The van der Waals surface area contributed by atoms with Crippen LogP contribution in [0.2, 0.25) is 0 Å². The van der Waals surface area contributed by atoms with Gasteiger partial charge in [0, 0.05) is 26.6 Å². The molecule has 0 aromatic heterocycles. The molecule has 1 N–H and O–H groups in total. The first kappa shape index (κ1) is 10.9. The van der Waals surface area contributed by atoms with E-state index in [0.717, 1.165) is 0 Å². The Morgan fingerprint density at radius 3 is 2.73 bits per heavy atom. The third kappa shape index (κ3) is 1.46. The topological polar surface area (TPSA) is 65.0 Å². The second-order valence-corrected chi connectivity index (χ2v) is 4.10. The molecule has 2 rings (SSSR count). The van der Waals surface area contributed by atoms with Crippen molar-refractivity contribution in [2.45, 2.75) is 24.7 Å². The minimum Gasteiger partial charge on any atom is -0.465 e. The highest BCUT2D eigenvalue weighted by atomic mass is 16.7. The summed E-state index contributed by atoms with van der Waals surface area (Å²) in [6.45, 7) is 0.263. The van der Waals surface area contributed by atoms with Crippen LogP contribution in [0.3, 0.4) is 0 Å². The van der Waals surface area contributed by atoms with E-state index in [1.807, 2.05) is 0 Å². The first-order valence-corrected chi connectivity index (χ1v) is 5.09. The second-order valence-electron chi connectivity index (χ2n) is 4.10. The fourth-order valence-electron chi connectivity index (χ4n) is 2.64. The van der Waals surface area contributed by atoms with Crippen LogP contribution in [0.15, 0.2) is 0 Å². The van der Waals surface area contributed by atoms with Crippen molar-refractivity contribution in [2.24, 2.45) is 11.8 Å². The lowest BCUT2D eigenvalue weighted by atomic mass is 9.74. The lowest BCUT2D eigenvalue weighted by Gasteiger charge is -2.42. The number of esters is 1. The van der Waals surface area contributed by atoms with Gasteiger partial charge >= 0.3 is 5.97 Å². The number of methoxy groups -OCH3 is 2. The minimum atomic E-state index is -0.919. The Morgan fingerprint density at radius 2 is 2.13 bits per heavy atom. The molecule has 0 amide bonds. The molecule has 86 valence electrons. The number of ether oxygens (including phenoxy) is 3. The third-order valence-corrected chi connectivity index (χ3v) is 3.55. The van der Waals surface area contributed by atoms with Crippen molar-refractivity contribution in [1.29, 1.82) is 0 Å². The van der Waals surface area contributed by atoms with Crippen molar-refractivity contribution < 1.29 is 24.1 Å². The molecule has 0 bridgehead atoms. The number of carbonyl (C=O) groups is 1. The van der Waals surface area contributed by atoms with Crippen LogP contribution in [0.5, 0.6) is 0 Å². The summed E-state index contributed by atoms with van der Waals surface area (Å²) in [5.74, 6) is -1.96. The maximum absolute atomic E-state index is 11.6. The molecule has 1 heterocycles. The molecular weight excluding hydrogens is 200 g/mol. The molecule has 0 radical (unpaired) electrons. The van der Waals surface area contributed by atoms with Crippen LogP contribution in [-0.4, -0.2) is 43.8 Å². The summed E-state index contributed by atoms with van der Waals surface area (Å²) in [5, 5.41) is 9.78. The highest BCUT2D eigenvalue weighted by Crippen LogP contribution is 2.44. The summed E-state index contributed by atoms with van der Waals surface area (Å²) in [4.78, 5) is 11.6. The highest BCUT2D eigenvalue weighted by Gasteiger charge is 2.58. The van der Waals surface area contributed by atoms with Gasteiger partial charge in [0.1, 0.15) is 5.92 Å². The zero-order valence-corrected chi connectivity index (χ0v) is 8.93. The number of aliphatic hydroxyl groups excluding tert-OH is 1. The van der Waals surface area contributed by atoms with Crippen LogP contribution >= 0.6 is 0 Å². The minimum absolute atomic E-state index is 0.203. The Morgan fingerprint density at radius 1 is 1.47 bits per heavy atom. The van der Waals surface area contributed by atoms with E-state index in [4.69, 9.17) is 14.2 Å². The number of fused-ring (bicyclic) bond motifs is 1. The van der Waals surface area contributed by atoms with Gasteiger partial charge in [-0.2, -0.15) is 0 Å². The van der Waals surface area contributed by atoms with Crippen LogP contribution in [0.25, 0.3) is 0 Å². The van der Waals surface area contributed by atoms with E-state index in [9.17, 15) is 9.90 Å². The van der Waals surface area contributed by atoms with Crippen LogP contribution in [0.4, 0.5) is 0 Å². The van der Waals surface area contributed by atoms with Gasteiger partial charge in [-0.15, -0.1) is 0 Å². The van der Waals surface area contributed by atoms with E-state index in [2.05, 4.69) is 0 Å². The van der Waals surface area contributed by atoms with Crippen LogP contribution in [-0.2, 0) is 19.0 Å². The number of hydrogen-bond acceptors (Lipinski definition) is 5. The highest BCUT2D eigenvalue weighted by molar-refractivity contribution is 5.76. The van der Waals surface area contributed by atoms with E-state index in [1.54, 1.807) is 0 Å². The Hall–Kier alpha value is -0.650. The van der Waals surface area contributed by atoms with E-state index in [1.165, 1.54) is 14.2 Å². The van der Waals surface area contributed by atoms with Gasteiger partial charge in [0.15, 0.2) is 5.79 Å². The molecule has 0 aromatic carbocycles. The molecule has 3 unspecified atom stereocenters. The summed E-state index contributed by atoms with van der Waals surface area (Å²) >= 11 is 0. The Bertz CT molecular complexity index is 261. The summed E-state index contributed by atoms with van der Waals surface area (Å²) in [6.07, 6.45) is 0.580. The standard InChI is InChI=1S/C10H16O5/c1-13-10(14-2)4-3-7(11)6-5-15-9(12)8(6)10/h6-8,11H,3-5H2,1-2H3. The molecule has 1 saturated heterocycles. The molecule has 1 aliphatic carbocycles. The smallest absolute Gasteiger partial charge is 0.314 e. The molecule has 3 atom stereocenters. The monoisotopic (exact) mass is 216 g/mol. The van der Waals surface area contributed by atoms with Crippen LogP contribution in [0, 0.1) is 11.8 Å². The summed E-state index contributed by atoms with van der Waals surface area (Å²) in [5.41, 5.74) is 0. The Kier molecular flexibility index (Phi) is 2.70. The first-order chi connectivity index (χ1) is 7.14. The summed E-state index contributed by atoms with van der Waals surface area (Å²) < 4.78 is 15.6. The lowest BCUT2D eigenvalue weighted by Crippen LogP contribution is -2.53. The number of carbonyl (C=O) groups excluding carboxylic acids is 1. The van der Waals surface area contributed by atoms with Crippen molar-refractivity contribution in [2.75, 3.05) is 20.8 Å².